The minimum Gasteiger partial charge on any atom is -0.330 e. The van der Waals surface area contributed by atoms with E-state index in [9.17, 15) is 8.42 Å². The standard InChI is InChI=1S/C15H27N3O2S/c1-21(19,20)18-15-8-6-14(7-9-15)10-13-17-12-5-3-2-4-11-16/h6-9,17-18H,2-5,10-13,16H2,1H3. The van der Waals surface area contributed by atoms with Crippen LogP contribution in [0.4, 0.5) is 5.69 Å². The number of benzene rings is 1. The maximum absolute atomic E-state index is 11.1. The van der Waals surface area contributed by atoms with Crippen LogP contribution >= 0.6 is 0 Å². The Morgan fingerprint density at radius 2 is 1.67 bits per heavy atom. The van der Waals surface area contributed by atoms with Crippen LogP contribution in [0.1, 0.15) is 31.2 Å². The largest absolute Gasteiger partial charge is 0.330 e. The summed E-state index contributed by atoms with van der Waals surface area (Å²) < 4.78 is 24.6. The van der Waals surface area contributed by atoms with Crippen LogP contribution in [0.3, 0.4) is 0 Å². The molecule has 0 unspecified atom stereocenters. The van der Waals surface area contributed by atoms with Gasteiger partial charge in [-0.25, -0.2) is 8.42 Å². The monoisotopic (exact) mass is 313 g/mol. The average Bonchev–Trinajstić information content (AvgIpc) is 2.42. The molecule has 0 heterocycles. The van der Waals surface area contributed by atoms with Crippen LogP contribution in [-0.2, 0) is 16.4 Å². The molecule has 0 atom stereocenters. The molecule has 120 valence electrons. The summed E-state index contributed by atoms with van der Waals surface area (Å²) in [5.74, 6) is 0. The molecule has 1 rings (SSSR count). The van der Waals surface area contributed by atoms with E-state index in [4.69, 9.17) is 5.73 Å². The molecule has 0 aliphatic rings. The molecule has 6 heteroatoms. The van der Waals surface area contributed by atoms with E-state index in [1.165, 1.54) is 24.8 Å². The van der Waals surface area contributed by atoms with Crippen molar-refractivity contribution in [1.29, 1.82) is 0 Å². The summed E-state index contributed by atoms with van der Waals surface area (Å²) in [6, 6.07) is 7.50. The summed E-state index contributed by atoms with van der Waals surface area (Å²) in [7, 11) is -3.19. The summed E-state index contributed by atoms with van der Waals surface area (Å²) in [5, 5.41) is 3.42. The van der Waals surface area contributed by atoms with E-state index < -0.39 is 10.0 Å². The van der Waals surface area contributed by atoms with Gasteiger partial charge in [0.25, 0.3) is 0 Å². The van der Waals surface area contributed by atoms with Crippen molar-refractivity contribution in [3.8, 4) is 0 Å². The van der Waals surface area contributed by atoms with Gasteiger partial charge in [0.05, 0.1) is 6.26 Å². The fourth-order valence-electron chi connectivity index (χ4n) is 2.06. The molecule has 0 fully saturated rings. The van der Waals surface area contributed by atoms with Gasteiger partial charge in [-0.1, -0.05) is 25.0 Å². The number of anilines is 1. The zero-order valence-corrected chi connectivity index (χ0v) is 13.6. The summed E-state index contributed by atoms with van der Waals surface area (Å²) in [6.07, 6.45) is 6.86. The van der Waals surface area contributed by atoms with Gasteiger partial charge in [0.2, 0.25) is 10.0 Å². The smallest absolute Gasteiger partial charge is 0.229 e. The van der Waals surface area contributed by atoms with Crippen molar-refractivity contribution >= 4 is 15.7 Å². The third-order valence-electron chi connectivity index (χ3n) is 3.16. The van der Waals surface area contributed by atoms with Crippen molar-refractivity contribution in [3.05, 3.63) is 29.8 Å². The Labute approximate surface area is 128 Å². The summed E-state index contributed by atoms with van der Waals surface area (Å²) in [6.45, 7) is 2.77. The van der Waals surface area contributed by atoms with E-state index in [1.807, 2.05) is 12.1 Å². The summed E-state index contributed by atoms with van der Waals surface area (Å²) >= 11 is 0. The molecule has 0 bridgehead atoms. The minimum absolute atomic E-state index is 0.606. The maximum Gasteiger partial charge on any atom is 0.229 e. The molecule has 0 aliphatic carbocycles. The fraction of sp³-hybridized carbons (Fsp3) is 0.600. The van der Waals surface area contributed by atoms with Gasteiger partial charge < -0.3 is 11.1 Å². The Kier molecular flexibility index (Phi) is 8.34. The number of hydrogen-bond acceptors (Lipinski definition) is 4. The molecule has 0 saturated carbocycles. The lowest BCUT2D eigenvalue weighted by atomic mass is 10.1. The van der Waals surface area contributed by atoms with Crippen molar-refractivity contribution in [1.82, 2.24) is 5.32 Å². The van der Waals surface area contributed by atoms with Crippen LogP contribution in [0.5, 0.6) is 0 Å². The highest BCUT2D eigenvalue weighted by molar-refractivity contribution is 7.92. The first-order valence-electron chi connectivity index (χ1n) is 7.49. The number of hydrogen-bond donors (Lipinski definition) is 3. The van der Waals surface area contributed by atoms with Crippen LogP contribution in [0.15, 0.2) is 24.3 Å². The van der Waals surface area contributed by atoms with E-state index in [0.29, 0.717) is 5.69 Å². The summed E-state index contributed by atoms with van der Waals surface area (Å²) in [5.41, 5.74) is 7.25. The Hall–Kier alpha value is -1.11. The molecule has 0 spiro atoms. The number of unbranched alkanes of at least 4 members (excludes halogenated alkanes) is 3. The van der Waals surface area contributed by atoms with Gasteiger partial charge in [-0.2, -0.15) is 0 Å². The molecule has 1 aromatic carbocycles. The molecule has 0 aliphatic heterocycles. The van der Waals surface area contributed by atoms with Crippen molar-refractivity contribution in [2.45, 2.75) is 32.1 Å². The van der Waals surface area contributed by atoms with Crippen molar-refractivity contribution in [2.75, 3.05) is 30.6 Å². The normalized spacial score (nSPS) is 11.5. The van der Waals surface area contributed by atoms with Crippen molar-refractivity contribution in [2.24, 2.45) is 5.73 Å². The van der Waals surface area contributed by atoms with Crippen molar-refractivity contribution in [3.63, 3.8) is 0 Å². The van der Waals surface area contributed by atoms with Crippen LogP contribution in [0.25, 0.3) is 0 Å². The second-order valence-corrected chi connectivity index (χ2v) is 7.02. The number of rotatable bonds is 11. The lowest BCUT2D eigenvalue weighted by Gasteiger charge is -2.07. The SMILES string of the molecule is CS(=O)(=O)Nc1ccc(CCNCCCCCCN)cc1. The van der Waals surface area contributed by atoms with Gasteiger partial charge in [-0.3, -0.25) is 4.72 Å². The van der Waals surface area contributed by atoms with E-state index in [1.54, 1.807) is 12.1 Å². The van der Waals surface area contributed by atoms with Crippen LogP contribution in [0.2, 0.25) is 0 Å². The van der Waals surface area contributed by atoms with E-state index in [-0.39, 0.29) is 0 Å². The van der Waals surface area contributed by atoms with Gasteiger partial charge in [-0.05, 0) is 56.6 Å². The maximum atomic E-state index is 11.1. The van der Waals surface area contributed by atoms with Gasteiger partial charge >= 0.3 is 0 Å². The van der Waals surface area contributed by atoms with E-state index >= 15 is 0 Å². The zero-order chi connectivity index (χ0) is 15.6. The van der Waals surface area contributed by atoms with Gasteiger partial charge in [0.15, 0.2) is 0 Å². The number of nitrogens with two attached hydrogens (primary N) is 1. The Balaban J connectivity index is 2.15. The predicted octanol–water partition coefficient (Wildman–Crippen LogP) is 1.71. The second kappa shape index (κ2) is 9.76. The molecule has 0 aromatic heterocycles. The van der Waals surface area contributed by atoms with Gasteiger partial charge in [0.1, 0.15) is 0 Å². The van der Waals surface area contributed by atoms with Crippen LogP contribution in [-0.4, -0.2) is 34.3 Å². The van der Waals surface area contributed by atoms with Crippen LogP contribution in [0, 0.1) is 0 Å². The van der Waals surface area contributed by atoms with Gasteiger partial charge in [-0.15, -0.1) is 0 Å². The van der Waals surface area contributed by atoms with Crippen LogP contribution < -0.4 is 15.8 Å². The quantitative estimate of drug-likeness (QED) is 0.543. The highest BCUT2D eigenvalue weighted by atomic mass is 32.2. The molecule has 0 radical (unpaired) electrons. The first-order chi connectivity index (χ1) is 10.0. The predicted molar refractivity (Wildman–Crippen MR) is 89.0 cm³/mol. The number of sulfonamides is 1. The van der Waals surface area contributed by atoms with Crippen molar-refractivity contribution < 1.29 is 8.42 Å². The number of nitrogens with one attached hydrogen (secondary N) is 2. The van der Waals surface area contributed by atoms with Gasteiger partial charge in [0, 0.05) is 5.69 Å². The fourth-order valence-corrected chi connectivity index (χ4v) is 2.62. The third kappa shape index (κ3) is 9.44. The lowest BCUT2D eigenvalue weighted by molar-refractivity contribution is 0.591. The Morgan fingerprint density at radius 1 is 1.00 bits per heavy atom. The lowest BCUT2D eigenvalue weighted by Crippen LogP contribution is -2.18. The topological polar surface area (TPSA) is 84.2 Å². The molecular weight excluding hydrogens is 286 g/mol. The summed E-state index contributed by atoms with van der Waals surface area (Å²) in [4.78, 5) is 0. The first kappa shape index (κ1) is 17.9. The average molecular weight is 313 g/mol. The second-order valence-electron chi connectivity index (χ2n) is 5.27. The van der Waals surface area contributed by atoms with E-state index in [2.05, 4.69) is 10.0 Å². The highest BCUT2D eigenvalue weighted by Gasteiger charge is 2.01. The Bertz CT molecular complexity index is 486. The molecule has 5 nitrogen and oxygen atoms in total. The molecule has 0 saturated heterocycles. The zero-order valence-electron chi connectivity index (χ0n) is 12.8. The Morgan fingerprint density at radius 3 is 2.29 bits per heavy atom. The molecule has 21 heavy (non-hydrogen) atoms. The molecule has 4 N–H and O–H groups in total. The minimum atomic E-state index is -3.19. The third-order valence-corrected chi connectivity index (χ3v) is 3.76. The molecular formula is C15H27N3O2S. The van der Waals surface area contributed by atoms with E-state index in [0.717, 1.165) is 38.7 Å². The molecule has 0 amide bonds. The highest BCUT2D eigenvalue weighted by Crippen LogP contribution is 2.11. The first-order valence-corrected chi connectivity index (χ1v) is 9.38. The molecule has 1 aromatic rings.